The van der Waals surface area contributed by atoms with E-state index in [-0.39, 0.29) is 11.6 Å². The summed E-state index contributed by atoms with van der Waals surface area (Å²) in [6.07, 6.45) is -1.51. The van der Waals surface area contributed by atoms with Crippen LogP contribution in [0, 0.1) is 0 Å². The number of nitrogens with zero attached hydrogens (tertiary/aromatic N) is 4. The molecule has 21 heavy (non-hydrogen) atoms. The third-order valence-corrected chi connectivity index (χ3v) is 3.38. The van der Waals surface area contributed by atoms with E-state index in [1.165, 1.54) is 40.3 Å². The highest BCUT2D eigenvalue weighted by molar-refractivity contribution is 5.96. The lowest BCUT2D eigenvalue weighted by Crippen LogP contribution is -2.51. The fourth-order valence-corrected chi connectivity index (χ4v) is 2.27. The first-order chi connectivity index (χ1) is 9.97. The molecule has 0 N–H and O–H groups in total. The van der Waals surface area contributed by atoms with Crippen LogP contribution in [0.1, 0.15) is 22.0 Å². The Labute approximate surface area is 118 Å². The van der Waals surface area contributed by atoms with Crippen molar-refractivity contribution in [3.8, 4) is 0 Å². The second kappa shape index (κ2) is 4.87. The average molecular weight is 296 g/mol. The molecule has 0 spiro atoms. The molecule has 1 fully saturated rings. The molecular weight excluding hydrogens is 285 g/mol. The third kappa shape index (κ3) is 2.48. The first-order valence-electron chi connectivity index (χ1n) is 6.28. The maximum atomic E-state index is 12.9. The molecule has 110 valence electrons. The summed E-state index contributed by atoms with van der Waals surface area (Å²) in [5.74, 6) is -0.619. The number of halogens is 3. The predicted molar refractivity (Wildman–Crippen MR) is 66.4 cm³/mol. The highest BCUT2D eigenvalue weighted by Gasteiger charge is 2.39. The van der Waals surface area contributed by atoms with Crippen molar-refractivity contribution in [2.24, 2.45) is 0 Å². The summed E-state index contributed by atoms with van der Waals surface area (Å²) in [4.78, 5) is 15.0. The van der Waals surface area contributed by atoms with Crippen molar-refractivity contribution < 1.29 is 18.0 Å². The Hall–Kier alpha value is -2.38. The molecule has 1 aromatic heterocycles. The number of hydrogen-bond donors (Lipinski definition) is 0. The smallest absolute Gasteiger partial charge is 0.334 e. The minimum absolute atomic E-state index is 0.0815. The maximum absolute atomic E-state index is 12.9. The monoisotopic (exact) mass is 296 g/mol. The molecule has 0 saturated carbocycles. The lowest BCUT2D eigenvalue weighted by Gasteiger charge is -2.38. The van der Waals surface area contributed by atoms with Crippen molar-refractivity contribution in [1.82, 2.24) is 19.9 Å². The van der Waals surface area contributed by atoms with E-state index >= 15 is 0 Å². The molecule has 1 aliphatic rings. The van der Waals surface area contributed by atoms with Gasteiger partial charge >= 0.3 is 6.18 Å². The molecular formula is C13H11F3N4O. The number of alkyl halides is 3. The van der Waals surface area contributed by atoms with E-state index in [2.05, 4.69) is 10.2 Å². The Morgan fingerprint density at radius 2 is 1.76 bits per heavy atom. The molecule has 3 rings (SSSR count). The van der Waals surface area contributed by atoms with Gasteiger partial charge in [-0.2, -0.15) is 28.2 Å². The highest BCUT2D eigenvalue weighted by atomic mass is 19.4. The van der Waals surface area contributed by atoms with Crippen LogP contribution in [0.5, 0.6) is 0 Å². The number of amides is 1. The fourth-order valence-electron chi connectivity index (χ4n) is 2.27. The van der Waals surface area contributed by atoms with Crippen LogP contribution < -0.4 is 0 Å². The van der Waals surface area contributed by atoms with Crippen molar-refractivity contribution in [3.05, 3.63) is 47.8 Å². The van der Waals surface area contributed by atoms with Crippen molar-refractivity contribution in [2.45, 2.75) is 12.2 Å². The zero-order valence-electron chi connectivity index (χ0n) is 10.8. The molecule has 0 atom stereocenters. The van der Waals surface area contributed by atoms with Gasteiger partial charge in [-0.1, -0.05) is 12.1 Å². The molecule has 0 aliphatic carbocycles. The van der Waals surface area contributed by atoms with Crippen LogP contribution in [0.3, 0.4) is 0 Å². The second-order valence-electron chi connectivity index (χ2n) is 4.76. The number of benzene rings is 1. The van der Waals surface area contributed by atoms with E-state index in [4.69, 9.17) is 0 Å². The van der Waals surface area contributed by atoms with Gasteiger partial charge < -0.3 is 4.90 Å². The van der Waals surface area contributed by atoms with Crippen LogP contribution in [-0.4, -0.2) is 38.9 Å². The summed E-state index contributed by atoms with van der Waals surface area (Å²) in [7, 11) is 0. The number of carbonyl (C=O) groups excluding carboxylic acids is 1. The quantitative estimate of drug-likeness (QED) is 0.851. The van der Waals surface area contributed by atoms with Gasteiger partial charge in [-0.05, 0) is 12.1 Å². The van der Waals surface area contributed by atoms with Crippen molar-refractivity contribution in [3.63, 3.8) is 0 Å². The molecule has 0 radical (unpaired) electrons. The lowest BCUT2D eigenvalue weighted by atomic mass is 10.0. The highest BCUT2D eigenvalue weighted by Crippen LogP contribution is 2.33. The molecule has 8 heteroatoms. The Morgan fingerprint density at radius 1 is 1.14 bits per heavy atom. The number of likely N-dealkylation sites (tertiary alicyclic amines) is 1. The van der Waals surface area contributed by atoms with Gasteiger partial charge in [0.05, 0.1) is 23.5 Å². The minimum atomic E-state index is -4.54. The first-order valence-corrected chi connectivity index (χ1v) is 6.28. The maximum Gasteiger partial charge on any atom is 0.417 e. The Balaban J connectivity index is 1.76. The van der Waals surface area contributed by atoms with Gasteiger partial charge in [-0.15, -0.1) is 0 Å². The SMILES string of the molecule is O=C(c1ccccc1C(F)(F)F)N1CC(n2nccn2)C1. The summed E-state index contributed by atoms with van der Waals surface area (Å²) in [6, 6.07) is 4.73. The van der Waals surface area contributed by atoms with E-state index in [1.807, 2.05) is 0 Å². The van der Waals surface area contributed by atoms with Crippen LogP contribution in [0.2, 0.25) is 0 Å². The van der Waals surface area contributed by atoms with Gasteiger partial charge in [0, 0.05) is 13.1 Å². The van der Waals surface area contributed by atoms with E-state index in [0.717, 1.165) is 6.07 Å². The Kier molecular flexibility index (Phi) is 3.15. The van der Waals surface area contributed by atoms with Gasteiger partial charge in [0.25, 0.3) is 5.91 Å². The zero-order valence-corrected chi connectivity index (χ0v) is 10.8. The molecule has 1 saturated heterocycles. The standard InChI is InChI=1S/C13H11F3N4O/c14-13(15,16)11-4-2-1-3-10(11)12(21)19-7-9(8-19)20-17-5-6-18-20/h1-6,9H,7-8H2. The summed E-state index contributed by atoms with van der Waals surface area (Å²) < 4.78 is 38.7. The van der Waals surface area contributed by atoms with Gasteiger partial charge in [0.2, 0.25) is 0 Å². The number of aromatic nitrogens is 3. The van der Waals surface area contributed by atoms with Crippen LogP contribution in [0.4, 0.5) is 13.2 Å². The van der Waals surface area contributed by atoms with E-state index in [0.29, 0.717) is 13.1 Å². The molecule has 0 bridgehead atoms. The Bertz CT molecular complexity index is 648. The molecule has 1 aromatic carbocycles. The summed E-state index contributed by atoms with van der Waals surface area (Å²) in [6.45, 7) is 0.611. The zero-order chi connectivity index (χ0) is 15.0. The largest absolute Gasteiger partial charge is 0.417 e. The predicted octanol–water partition coefficient (Wildman–Crippen LogP) is 1.99. The topological polar surface area (TPSA) is 51.0 Å². The molecule has 1 aliphatic heterocycles. The van der Waals surface area contributed by atoms with Crippen LogP contribution in [-0.2, 0) is 6.18 Å². The number of carbonyl (C=O) groups is 1. The van der Waals surface area contributed by atoms with Gasteiger partial charge in [-0.25, -0.2) is 0 Å². The molecule has 2 aromatic rings. The first kappa shape index (κ1) is 13.6. The van der Waals surface area contributed by atoms with Gasteiger partial charge in [-0.3, -0.25) is 4.79 Å². The summed E-state index contributed by atoms with van der Waals surface area (Å²) in [5.41, 5.74) is -1.23. The molecule has 2 heterocycles. The van der Waals surface area contributed by atoms with Crippen LogP contribution in [0.25, 0.3) is 0 Å². The summed E-state index contributed by atoms with van der Waals surface area (Å²) >= 11 is 0. The van der Waals surface area contributed by atoms with Crippen LogP contribution >= 0.6 is 0 Å². The normalized spacial score (nSPS) is 15.9. The number of rotatable bonds is 2. The van der Waals surface area contributed by atoms with Gasteiger partial charge in [0.15, 0.2) is 0 Å². The van der Waals surface area contributed by atoms with Crippen LogP contribution in [0.15, 0.2) is 36.7 Å². The average Bonchev–Trinajstić information content (AvgIpc) is 2.89. The fraction of sp³-hybridized carbons (Fsp3) is 0.308. The van der Waals surface area contributed by atoms with Crippen molar-refractivity contribution >= 4 is 5.91 Å². The molecule has 5 nitrogen and oxygen atoms in total. The summed E-state index contributed by atoms with van der Waals surface area (Å²) in [5, 5.41) is 7.90. The molecule has 0 unspecified atom stereocenters. The van der Waals surface area contributed by atoms with E-state index < -0.39 is 17.6 Å². The minimum Gasteiger partial charge on any atom is -0.334 e. The van der Waals surface area contributed by atoms with Crippen molar-refractivity contribution in [1.29, 1.82) is 0 Å². The third-order valence-electron chi connectivity index (χ3n) is 3.38. The van der Waals surface area contributed by atoms with E-state index in [9.17, 15) is 18.0 Å². The second-order valence-corrected chi connectivity index (χ2v) is 4.76. The van der Waals surface area contributed by atoms with Gasteiger partial charge in [0.1, 0.15) is 6.04 Å². The lowest BCUT2D eigenvalue weighted by molar-refractivity contribution is -0.138. The Morgan fingerprint density at radius 3 is 2.38 bits per heavy atom. The molecule has 1 amide bonds. The number of hydrogen-bond acceptors (Lipinski definition) is 3. The van der Waals surface area contributed by atoms with E-state index in [1.54, 1.807) is 0 Å². The van der Waals surface area contributed by atoms with Crippen molar-refractivity contribution in [2.75, 3.05) is 13.1 Å².